The van der Waals surface area contributed by atoms with Gasteiger partial charge in [0.15, 0.2) is 0 Å². The quantitative estimate of drug-likeness (QED) is 0.361. The molecule has 76 valence electrons. The van der Waals surface area contributed by atoms with E-state index in [2.05, 4.69) is 0 Å². The van der Waals surface area contributed by atoms with Gasteiger partial charge in [0.25, 0.3) is 0 Å². The minimum Gasteiger partial charge on any atom is -0.105 e. The maximum atomic E-state index is 5.60. The van der Waals surface area contributed by atoms with E-state index in [9.17, 15) is 0 Å². The first-order valence-corrected chi connectivity index (χ1v) is 8.68. The Kier molecular flexibility index (Phi) is 11.4. The molecule has 0 aliphatic carbocycles. The van der Waals surface area contributed by atoms with Gasteiger partial charge >= 0.3 is 0 Å². The number of hydrogen-bond acceptors (Lipinski definition) is 0. The predicted molar refractivity (Wildman–Crippen MR) is 66.2 cm³/mol. The topological polar surface area (TPSA) is 0 Å². The van der Waals surface area contributed by atoms with Crippen LogP contribution in [0.5, 0.6) is 0 Å². The molecule has 0 aromatic rings. The molecule has 0 unspecified atom stereocenters. The van der Waals surface area contributed by atoms with Crippen molar-refractivity contribution in [2.24, 2.45) is 0 Å². The molecule has 0 aliphatic heterocycles. The molecule has 0 aromatic carbocycles. The Morgan fingerprint density at radius 2 is 1.15 bits per heavy atom. The van der Waals surface area contributed by atoms with E-state index in [0.717, 1.165) is 44.0 Å². The van der Waals surface area contributed by atoms with Gasteiger partial charge < -0.3 is 0 Å². The second-order valence-electron chi connectivity index (χ2n) is 2.54. The third-order valence-corrected chi connectivity index (χ3v) is 5.49. The van der Waals surface area contributed by atoms with Crippen molar-refractivity contribution in [3.63, 3.8) is 0 Å². The first kappa shape index (κ1) is 14.6. The lowest BCUT2D eigenvalue weighted by Crippen LogP contribution is -2.00. The smallest absolute Gasteiger partial charge is 0.105 e. The lowest BCUT2D eigenvalue weighted by Gasteiger charge is -2.01. The first-order chi connectivity index (χ1) is 6.13. The Balaban J connectivity index is 2.92. The molecule has 0 spiro atoms. The molecule has 0 saturated heterocycles. The predicted octanol–water partition coefficient (Wildman–Crippen LogP) is 3.99. The van der Waals surface area contributed by atoms with Crippen molar-refractivity contribution in [2.75, 3.05) is 0 Å². The van der Waals surface area contributed by atoms with Gasteiger partial charge in [0.2, 0.25) is 0 Å². The molecule has 13 heavy (non-hydrogen) atoms. The van der Waals surface area contributed by atoms with Gasteiger partial charge in [-0.25, -0.2) is 0 Å². The molecule has 0 heterocycles. The molecule has 0 rings (SSSR count). The number of rotatable bonds is 8. The summed E-state index contributed by atoms with van der Waals surface area (Å²) in [6, 6.07) is 2.30. The SMILES string of the molecule is ClC(Cl)CC[Si]C[Si]CCC(Cl)Cl. The summed E-state index contributed by atoms with van der Waals surface area (Å²) in [5.41, 5.74) is 1.28. The van der Waals surface area contributed by atoms with Gasteiger partial charge in [-0.1, -0.05) is 17.8 Å². The van der Waals surface area contributed by atoms with Gasteiger partial charge in [0, 0.05) is 19.0 Å². The lowest BCUT2D eigenvalue weighted by molar-refractivity contribution is 1.02. The highest BCUT2D eigenvalue weighted by Gasteiger charge is 2.01. The monoisotopic (exact) mass is 292 g/mol. The second kappa shape index (κ2) is 10.1. The molecule has 0 amide bonds. The van der Waals surface area contributed by atoms with Crippen LogP contribution in [0.3, 0.4) is 0 Å². The molecule has 0 aliphatic rings. The van der Waals surface area contributed by atoms with Gasteiger partial charge in [-0.15, -0.1) is 46.4 Å². The van der Waals surface area contributed by atoms with Crippen molar-refractivity contribution in [3.05, 3.63) is 0 Å². The maximum absolute atomic E-state index is 5.60. The van der Waals surface area contributed by atoms with Crippen LogP contribution < -0.4 is 0 Å². The Hall–Kier alpha value is 1.59. The van der Waals surface area contributed by atoms with Crippen molar-refractivity contribution >= 4 is 65.4 Å². The number of alkyl halides is 4. The molecule has 0 nitrogen and oxygen atoms in total. The highest BCUT2D eigenvalue weighted by atomic mass is 35.5. The van der Waals surface area contributed by atoms with E-state index in [1.807, 2.05) is 0 Å². The van der Waals surface area contributed by atoms with Crippen LogP contribution in [-0.4, -0.2) is 28.7 Å². The minimum absolute atomic E-state index is 0.189. The van der Waals surface area contributed by atoms with Crippen LogP contribution in [-0.2, 0) is 0 Å². The highest BCUT2D eigenvalue weighted by Crippen LogP contribution is 2.11. The lowest BCUT2D eigenvalue weighted by atomic mass is 10.6. The van der Waals surface area contributed by atoms with Gasteiger partial charge in [-0.3, -0.25) is 0 Å². The van der Waals surface area contributed by atoms with Crippen molar-refractivity contribution in [3.8, 4) is 0 Å². The number of halogens is 4. The van der Waals surface area contributed by atoms with E-state index in [4.69, 9.17) is 46.4 Å². The largest absolute Gasteiger partial charge is 0.107 e. The van der Waals surface area contributed by atoms with Crippen LogP contribution in [0.1, 0.15) is 12.8 Å². The van der Waals surface area contributed by atoms with Crippen LogP contribution in [0.2, 0.25) is 17.8 Å². The molecule has 0 aromatic heterocycles. The van der Waals surface area contributed by atoms with Crippen molar-refractivity contribution in [1.82, 2.24) is 0 Å². The molecular weight excluding hydrogens is 282 g/mol. The first-order valence-electron chi connectivity index (χ1n) is 4.10. The third-order valence-electron chi connectivity index (χ3n) is 1.33. The van der Waals surface area contributed by atoms with E-state index in [1.165, 1.54) is 5.67 Å². The fourth-order valence-electron chi connectivity index (χ4n) is 0.688. The van der Waals surface area contributed by atoms with Crippen LogP contribution in [0, 0.1) is 0 Å². The average molecular weight is 294 g/mol. The zero-order valence-electron chi connectivity index (χ0n) is 7.20. The van der Waals surface area contributed by atoms with E-state index in [1.54, 1.807) is 0 Å². The van der Waals surface area contributed by atoms with E-state index < -0.39 is 0 Å². The van der Waals surface area contributed by atoms with Gasteiger partial charge in [0.1, 0.15) is 9.67 Å². The van der Waals surface area contributed by atoms with Crippen LogP contribution >= 0.6 is 46.4 Å². The summed E-state index contributed by atoms with van der Waals surface area (Å²) in [5, 5.41) is 0. The molecule has 0 N–H and O–H groups in total. The fraction of sp³-hybridized carbons (Fsp3) is 1.00. The Morgan fingerprint density at radius 3 is 1.46 bits per heavy atom. The van der Waals surface area contributed by atoms with Crippen molar-refractivity contribution in [1.29, 1.82) is 0 Å². The normalized spacial score (nSPS) is 11.5. The van der Waals surface area contributed by atoms with Crippen LogP contribution in [0.4, 0.5) is 0 Å². The molecular formula is C7H12Cl4Si2. The van der Waals surface area contributed by atoms with E-state index in [0.29, 0.717) is 0 Å². The van der Waals surface area contributed by atoms with Crippen LogP contribution in [0.15, 0.2) is 0 Å². The zero-order valence-corrected chi connectivity index (χ0v) is 12.2. The van der Waals surface area contributed by atoms with E-state index >= 15 is 0 Å². The molecule has 0 atom stereocenters. The van der Waals surface area contributed by atoms with Gasteiger partial charge in [-0.2, -0.15) is 0 Å². The molecule has 4 radical (unpaired) electrons. The van der Waals surface area contributed by atoms with Gasteiger partial charge in [0.05, 0.1) is 0 Å². The highest BCUT2D eigenvalue weighted by molar-refractivity contribution is 6.56. The van der Waals surface area contributed by atoms with Gasteiger partial charge in [-0.05, 0) is 12.8 Å². The van der Waals surface area contributed by atoms with Crippen LogP contribution in [0.25, 0.3) is 0 Å². The zero-order chi connectivity index (χ0) is 10.1. The Bertz CT molecular complexity index is 98.7. The Morgan fingerprint density at radius 1 is 0.769 bits per heavy atom. The summed E-state index contributed by atoms with van der Waals surface area (Å²) in [7, 11) is 1.97. The van der Waals surface area contributed by atoms with Crippen molar-refractivity contribution < 1.29 is 0 Å². The molecule has 6 heteroatoms. The maximum Gasteiger partial charge on any atom is 0.107 e. The summed E-state index contributed by atoms with van der Waals surface area (Å²) in [5.74, 6) is 0. The molecule has 0 saturated carbocycles. The summed E-state index contributed by atoms with van der Waals surface area (Å²) in [6.07, 6.45) is 1.83. The summed E-state index contributed by atoms with van der Waals surface area (Å²) < 4.78 is 0. The molecule has 0 bridgehead atoms. The second-order valence-corrected chi connectivity index (χ2v) is 8.50. The van der Waals surface area contributed by atoms with Crippen molar-refractivity contribution in [2.45, 2.75) is 40.3 Å². The summed E-state index contributed by atoms with van der Waals surface area (Å²) in [6.45, 7) is 0. The summed E-state index contributed by atoms with van der Waals surface area (Å²) in [4.78, 5) is -0.378. The third kappa shape index (κ3) is 13.6. The fourth-order valence-corrected chi connectivity index (χ4v) is 4.96. The minimum atomic E-state index is -0.189. The standard InChI is InChI=1S/C7H12Cl4Si2/c8-6(9)1-3-12-5-13-4-2-7(10)11/h6-7H,1-5H2. The Labute approximate surface area is 105 Å². The summed E-state index contributed by atoms with van der Waals surface area (Å²) >= 11 is 22.4. The van der Waals surface area contributed by atoms with E-state index in [-0.39, 0.29) is 9.67 Å². The molecule has 0 fully saturated rings. The average Bonchev–Trinajstić information content (AvgIpc) is 2.01. The number of hydrogen-bond donors (Lipinski definition) is 0.